The van der Waals surface area contributed by atoms with Crippen molar-refractivity contribution >= 4 is 29.0 Å². The summed E-state index contributed by atoms with van der Waals surface area (Å²) in [6, 6.07) is 6.09. The summed E-state index contributed by atoms with van der Waals surface area (Å²) in [6.45, 7) is 0. The molecule has 0 amide bonds. The van der Waals surface area contributed by atoms with Crippen molar-refractivity contribution in [2.75, 3.05) is 6.26 Å². The van der Waals surface area contributed by atoms with Gasteiger partial charge in [0.2, 0.25) is 0 Å². The number of hydrogen-bond donors (Lipinski definition) is 0. The third kappa shape index (κ3) is 1.24. The monoisotopic (exact) mass is 205 g/mol. The fourth-order valence-electron chi connectivity index (χ4n) is 1.71. The van der Waals surface area contributed by atoms with Crippen LogP contribution in [0.5, 0.6) is 0 Å². The van der Waals surface area contributed by atoms with Crippen LogP contribution in [0.25, 0.3) is 10.9 Å². The lowest BCUT2D eigenvalue weighted by molar-refractivity contribution is 0.112. The standard InChI is InChI=1S/C11H11NOS/c1-12-6-8(7-13)11-9(12)4-3-5-10(11)14-2/h3-7H,1-2H3. The summed E-state index contributed by atoms with van der Waals surface area (Å²) < 4.78 is 1.98. The summed E-state index contributed by atoms with van der Waals surface area (Å²) in [5, 5.41) is 1.07. The van der Waals surface area contributed by atoms with Crippen LogP contribution in [0.15, 0.2) is 29.3 Å². The average molecular weight is 205 g/mol. The Morgan fingerprint density at radius 3 is 2.86 bits per heavy atom. The van der Waals surface area contributed by atoms with Crippen LogP contribution in [0, 0.1) is 0 Å². The number of rotatable bonds is 2. The molecule has 2 rings (SSSR count). The van der Waals surface area contributed by atoms with Gasteiger partial charge >= 0.3 is 0 Å². The van der Waals surface area contributed by atoms with E-state index in [1.54, 1.807) is 11.8 Å². The molecule has 1 aromatic heterocycles. The van der Waals surface area contributed by atoms with Gasteiger partial charge in [-0.1, -0.05) is 6.07 Å². The first-order chi connectivity index (χ1) is 6.77. The first kappa shape index (κ1) is 9.34. The minimum Gasteiger partial charge on any atom is -0.350 e. The van der Waals surface area contributed by atoms with Gasteiger partial charge in [-0.25, -0.2) is 0 Å². The largest absolute Gasteiger partial charge is 0.350 e. The Balaban J connectivity index is 2.89. The van der Waals surface area contributed by atoms with E-state index in [1.165, 1.54) is 0 Å². The molecule has 0 radical (unpaired) electrons. The highest BCUT2D eigenvalue weighted by Crippen LogP contribution is 2.29. The Hall–Kier alpha value is -1.22. The highest BCUT2D eigenvalue weighted by molar-refractivity contribution is 7.98. The molecule has 2 aromatic rings. The molecule has 3 heteroatoms. The van der Waals surface area contributed by atoms with Gasteiger partial charge in [-0.15, -0.1) is 11.8 Å². The number of benzene rings is 1. The van der Waals surface area contributed by atoms with Gasteiger partial charge in [-0.05, 0) is 18.4 Å². The summed E-state index contributed by atoms with van der Waals surface area (Å²) in [5.41, 5.74) is 1.88. The molecule has 0 atom stereocenters. The smallest absolute Gasteiger partial charge is 0.152 e. The molecule has 72 valence electrons. The molecule has 2 nitrogen and oxygen atoms in total. The van der Waals surface area contributed by atoms with E-state index in [9.17, 15) is 4.79 Å². The molecule has 0 saturated carbocycles. The van der Waals surface area contributed by atoms with Gasteiger partial charge in [0, 0.05) is 34.6 Å². The number of nitrogens with zero attached hydrogens (tertiary/aromatic N) is 1. The minimum atomic E-state index is 0.771. The summed E-state index contributed by atoms with van der Waals surface area (Å²) >= 11 is 1.67. The summed E-state index contributed by atoms with van der Waals surface area (Å²) in [4.78, 5) is 12.0. The Kier molecular flexibility index (Phi) is 2.33. The van der Waals surface area contributed by atoms with Crippen LogP contribution in [0.2, 0.25) is 0 Å². The topological polar surface area (TPSA) is 22.0 Å². The van der Waals surface area contributed by atoms with Gasteiger partial charge in [0.15, 0.2) is 6.29 Å². The first-order valence-corrected chi connectivity index (χ1v) is 5.57. The van der Waals surface area contributed by atoms with Crippen LogP contribution in [0.4, 0.5) is 0 Å². The van der Waals surface area contributed by atoms with Gasteiger partial charge in [0.25, 0.3) is 0 Å². The van der Waals surface area contributed by atoms with Crippen molar-refractivity contribution in [2.24, 2.45) is 7.05 Å². The maximum Gasteiger partial charge on any atom is 0.152 e. The normalized spacial score (nSPS) is 10.7. The van der Waals surface area contributed by atoms with Crippen molar-refractivity contribution in [3.05, 3.63) is 30.0 Å². The van der Waals surface area contributed by atoms with Crippen LogP contribution < -0.4 is 0 Å². The molecule has 0 aliphatic carbocycles. The second-order valence-electron chi connectivity index (χ2n) is 3.17. The number of hydrogen-bond acceptors (Lipinski definition) is 2. The SMILES string of the molecule is CSc1cccc2c1c(C=O)cn2C. The number of aromatic nitrogens is 1. The molecule has 0 fully saturated rings. The zero-order valence-electron chi connectivity index (χ0n) is 8.15. The fourth-order valence-corrected chi connectivity index (χ4v) is 2.35. The number of carbonyl (C=O) groups is 1. The third-order valence-corrected chi connectivity index (χ3v) is 3.13. The van der Waals surface area contributed by atoms with E-state index in [0.717, 1.165) is 27.6 Å². The lowest BCUT2D eigenvalue weighted by atomic mass is 10.2. The molecule has 0 unspecified atom stereocenters. The Labute approximate surface area is 86.9 Å². The van der Waals surface area contributed by atoms with E-state index < -0.39 is 0 Å². The van der Waals surface area contributed by atoms with Crippen molar-refractivity contribution in [1.29, 1.82) is 0 Å². The quantitative estimate of drug-likeness (QED) is 0.555. The van der Waals surface area contributed by atoms with Gasteiger partial charge in [-0.3, -0.25) is 4.79 Å². The van der Waals surface area contributed by atoms with Crippen molar-refractivity contribution in [3.63, 3.8) is 0 Å². The predicted octanol–water partition coefficient (Wildman–Crippen LogP) is 2.71. The molecular formula is C11H11NOS. The van der Waals surface area contributed by atoms with Gasteiger partial charge < -0.3 is 4.57 Å². The number of aldehydes is 1. The van der Waals surface area contributed by atoms with Gasteiger partial charge in [0.1, 0.15) is 0 Å². The molecule has 0 bridgehead atoms. The Morgan fingerprint density at radius 1 is 1.43 bits per heavy atom. The minimum absolute atomic E-state index is 0.771. The maximum absolute atomic E-state index is 10.9. The van der Waals surface area contributed by atoms with E-state index in [4.69, 9.17) is 0 Å². The number of fused-ring (bicyclic) bond motifs is 1. The third-order valence-electron chi connectivity index (χ3n) is 2.35. The molecule has 1 heterocycles. The van der Waals surface area contributed by atoms with Gasteiger partial charge in [-0.2, -0.15) is 0 Å². The van der Waals surface area contributed by atoms with Crippen LogP contribution in [-0.4, -0.2) is 17.1 Å². The lowest BCUT2D eigenvalue weighted by Crippen LogP contribution is -1.82. The average Bonchev–Trinajstić information content (AvgIpc) is 2.56. The molecule has 0 saturated heterocycles. The van der Waals surface area contributed by atoms with Crippen LogP contribution in [0.3, 0.4) is 0 Å². The van der Waals surface area contributed by atoms with Crippen LogP contribution in [-0.2, 0) is 7.05 Å². The van der Waals surface area contributed by atoms with E-state index in [-0.39, 0.29) is 0 Å². The Morgan fingerprint density at radius 2 is 2.21 bits per heavy atom. The summed E-state index contributed by atoms with van der Waals surface area (Å²) in [5.74, 6) is 0. The maximum atomic E-state index is 10.9. The second kappa shape index (κ2) is 3.50. The summed E-state index contributed by atoms with van der Waals surface area (Å²) in [7, 11) is 1.96. The van der Waals surface area contributed by atoms with Crippen molar-refractivity contribution in [2.45, 2.75) is 4.90 Å². The number of thioether (sulfide) groups is 1. The molecule has 0 aliphatic rings. The molecule has 1 aromatic carbocycles. The summed E-state index contributed by atoms with van der Waals surface area (Å²) in [6.07, 6.45) is 4.82. The lowest BCUT2D eigenvalue weighted by Gasteiger charge is -2.00. The number of carbonyl (C=O) groups excluding carboxylic acids is 1. The van der Waals surface area contributed by atoms with Crippen molar-refractivity contribution in [1.82, 2.24) is 4.57 Å². The van der Waals surface area contributed by atoms with E-state index in [1.807, 2.05) is 42.3 Å². The van der Waals surface area contributed by atoms with E-state index >= 15 is 0 Å². The van der Waals surface area contributed by atoms with E-state index in [2.05, 4.69) is 0 Å². The molecular weight excluding hydrogens is 194 g/mol. The van der Waals surface area contributed by atoms with Crippen LogP contribution in [0.1, 0.15) is 10.4 Å². The predicted molar refractivity (Wildman–Crippen MR) is 60.1 cm³/mol. The first-order valence-electron chi connectivity index (χ1n) is 4.35. The fraction of sp³-hybridized carbons (Fsp3) is 0.182. The van der Waals surface area contributed by atoms with Gasteiger partial charge in [0.05, 0.1) is 0 Å². The molecule has 0 spiro atoms. The highest BCUT2D eigenvalue weighted by atomic mass is 32.2. The molecule has 0 N–H and O–H groups in total. The molecule has 14 heavy (non-hydrogen) atoms. The Bertz CT molecular complexity index is 487. The zero-order chi connectivity index (χ0) is 10.1. The van der Waals surface area contributed by atoms with E-state index in [0.29, 0.717) is 0 Å². The van der Waals surface area contributed by atoms with Crippen LogP contribution >= 0.6 is 11.8 Å². The molecule has 0 aliphatic heterocycles. The zero-order valence-corrected chi connectivity index (χ0v) is 8.97. The number of aryl methyl sites for hydroxylation is 1. The van der Waals surface area contributed by atoms with Crippen molar-refractivity contribution in [3.8, 4) is 0 Å². The highest BCUT2D eigenvalue weighted by Gasteiger charge is 2.08. The van der Waals surface area contributed by atoms with Crippen molar-refractivity contribution < 1.29 is 4.79 Å². The second-order valence-corrected chi connectivity index (χ2v) is 4.02.